The minimum absolute atomic E-state index is 0.0490. The van der Waals surface area contributed by atoms with Gasteiger partial charge >= 0.3 is 0 Å². The number of nitrogens with zero attached hydrogens (tertiary/aromatic N) is 1. The number of carbonyl (C=O) groups is 2. The Bertz CT molecular complexity index is 792. The third-order valence-corrected chi connectivity index (χ3v) is 4.73. The molecule has 1 fully saturated rings. The molecule has 6 heteroatoms. The minimum Gasteiger partial charge on any atom is -0.494 e. The van der Waals surface area contributed by atoms with E-state index < -0.39 is 0 Å². The number of carbonyl (C=O) groups excluding carboxylic acids is 2. The fraction of sp³-hybridized carbons (Fsp3) is 0.300. The third-order valence-electron chi connectivity index (χ3n) is 4.37. The molecule has 2 aromatic carbocycles. The van der Waals surface area contributed by atoms with Crippen molar-refractivity contribution in [1.29, 1.82) is 0 Å². The van der Waals surface area contributed by atoms with Crippen LogP contribution in [0, 0.1) is 5.92 Å². The molecule has 0 spiro atoms. The van der Waals surface area contributed by atoms with Crippen LogP contribution in [0.1, 0.15) is 18.9 Å². The molecule has 5 nitrogen and oxygen atoms in total. The highest BCUT2D eigenvalue weighted by molar-refractivity contribution is 6.31. The highest BCUT2D eigenvalue weighted by Crippen LogP contribution is 2.27. The van der Waals surface area contributed by atoms with Crippen LogP contribution in [0.15, 0.2) is 48.5 Å². The third kappa shape index (κ3) is 4.17. The number of amides is 2. The molecule has 1 N–H and O–H groups in total. The van der Waals surface area contributed by atoms with Crippen LogP contribution in [-0.4, -0.2) is 25.0 Å². The lowest BCUT2D eigenvalue weighted by Gasteiger charge is -2.17. The number of anilines is 1. The van der Waals surface area contributed by atoms with Gasteiger partial charge in [-0.25, -0.2) is 0 Å². The monoisotopic (exact) mass is 372 g/mol. The van der Waals surface area contributed by atoms with E-state index >= 15 is 0 Å². The lowest BCUT2D eigenvalue weighted by Crippen LogP contribution is -2.32. The molecular formula is C20H21ClN2O3. The van der Waals surface area contributed by atoms with Crippen LogP contribution in [0.3, 0.4) is 0 Å². The molecular weight excluding hydrogens is 352 g/mol. The molecule has 26 heavy (non-hydrogen) atoms. The van der Waals surface area contributed by atoms with E-state index in [0.29, 0.717) is 24.7 Å². The molecule has 0 aliphatic carbocycles. The molecule has 0 aromatic heterocycles. The summed E-state index contributed by atoms with van der Waals surface area (Å²) in [6, 6.07) is 14.7. The summed E-state index contributed by atoms with van der Waals surface area (Å²) < 4.78 is 5.41. The number of rotatable bonds is 6. The van der Waals surface area contributed by atoms with Gasteiger partial charge in [0.2, 0.25) is 11.8 Å². The number of halogens is 1. The molecule has 136 valence electrons. The molecule has 1 aliphatic heterocycles. The second-order valence-electron chi connectivity index (χ2n) is 6.14. The summed E-state index contributed by atoms with van der Waals surface area (Å²) in [5.41, 5.74) is 1.63. The molecule has 2 amide bonds. The SMILES string of the molecule is CCOc1ccc(N2CC(C(=O)NCc3ccccc3Cl)CC2=O)cc1. The normalized spacial score (nSPS) is 16.6. The fourth-order valence-electron chi connectivity index (χ4n) is 2.99. The summed E-state index contributed by atoms with van der Waals surface area (Å²) in [6.07, 6.45) is 0.210. The fourth-order valence-corrected chi connectivity index (χ4v) is 3.19. The standard InChI is InChI=1S/C20H21ClN2O3/c1-2-26-17-9-7-16(8-10-17)23-13-15(11-19(23)24)20(25)22-12-14-5-3-4-6-18(14)21/h3-10,15H,2,11-13H2,1H3,(H,22,25). The van der Waals surface area contributed by atoms with Gasteiger partial charge in [0.25, 0.3) is 0 Å². The van der Waals surface area contributed by atoms with Gasteiger partial charge in [-0.1, -0.05) is 29.8 Å². The maximum Gasteiger partial charge on any atom is 0.227 e. The van der Waals surface area contributed by atoms with Crippen LogP contribution in [0.4, 0.5) is 5.69 Å². The first kappa shape index (κ1) is 18.3. The van der Waals surface area contributed by atoms with Gasteiger partial charge in [0.15, 0.2) is 0 Å². The topological polar surface area (TPSA) is 58.6 Å². The number of ether oxygens (including phenoxy) is 1. The Morgan fingerprint density at radius 1 is 1.23 bits per heavy atom. The first-order valence-corrected chi connectivity index (χ1v) is 9.00. The molecule has 1 unspecified atom stereocenters. The molecule has 0 radical (unpaired) electrons. The second-order valence-corrected chi connectivity index (χ2v) is 6.55. The maximum absolute atomic E-state index is 12.4. The van der Waals surface area contributed by atoms with Crippen LogP contribution in [0.5, 0.6) is 5.75 Å². The number of benzene rings is 2. The molecule has 3 rings (SSSR count). The summed E-state index contributed by atoms with van der Waals surface area (Å²) in [4.78, 5) is 26.4. The van der Waals surface area contributed by atoms with Gasteiger partial charge in [-0.15, -0.1) is 0 Å². The average Bonchev–Trinajstić information content (AvgIpc) is 3.03. The average molecular weight is 373 g/mol. The van der Waals surface area contributed by atoms with Crippen LogP contribution >= 0.6 is 11.6 Å². The zero-order valence-electron chi connectivity index (χ0n) is 14.6. The largest absolute Gasteiger partial charge is 0.494 e. The smallest absolute Gasteiger partial charge is 0.227 e. The van der Waals surface area contributed by atoms with Gasteiger partial charge in [0.05, 0.1) is 12.5 Å². The van der Waals surface area contributed by atoms with Crippen molar-refractivity contribution in [1.82, 2.24) is 5.32 Å². The first-order valence-electron chi connectivity index (χ1n) is 8.63. The van der Waals surface area contributed by atoms with Crippen molar-refractivity contribution in [2.75, 3.05) is 18.1 Å². The number of hydrogen-bond donors (Lipinski definition) is 1. The van der Waals surface area contributed by atoms with Gasteiger partial charge in [-0.3, -0.25) is 9.59 Å². The Hall–Kier alpha value is -2.53. The van der Waals surface area contributed by atoms with Crippen molar-refractivity contribution >= 4 is 29.1 Å². The second kappa shape index (κ2) is 8.23. The summed E-state index contributed by atoms with van der Waals surface area (Å²) in [5, 5.41) is 3.49. The summed E-state index contributed by atoms with van der Waals surface area (Å²) in [6.45, 7) is 3.24. The predicted octanol–water partition coefficient (Wildman–Crippen LogP) is 3.41. The quantitative estimate of drug-likeness (QED) is 0.845. The van der Waals surface area contributed by atoms with E-state index in [1.807, 2.05) is 49.4 Å². The molecule has 0 saturated carbocycles. The number of hydrogen-bond acceptors (Lipinski definition) is 3. The highest BCUT2D eigenvalue weighted by atomic mass is 35.5. The lowest BCUT2D eigenvalue weighted by molar-refractivity contribution is -0.126. The van der Waals surface area contributed by atoms with Crippen molar-refractivity contribution in [2.45, 2.75) is 19.9 Å². The highest BCUT2D eigenvalue weighted by Gasteiger charge is 2.35. The Balaban J connectivity index is 1.60. The van der Waals surface area contributed by atoms with E-state index in [2.05, 4.69) is 5.32 Å². The van der Waals surface area contributed by atoms with E-state index in [1.165, 1.54) is 0 Å². The summed E-state index contributed by atoms with van der Waals surface area (Å²) in [7, 11) is 0. The van der Waals surface area contributed by atoms with Gasteiger partial charge in [-0.05, 0) is 42.8 Å². The maximum atomic E-state index is 12.4. The van der Waals surface area contributed by atoms with Gasteiger partial charge < -0.3 is 15.0 Å². The van der Waals surface area contributed by atoms with Crippen molar-refractivity contribution in [3.05, 3.63) is 59.1 Å². The van der Waals surface area contributed by atoms with Crippen molar-refractivity contribution < 1.29 is 14.3 Å². The summed E-state index contributed by atoms with van der Waals surface area (Å²) in [5.74, 6) is 0.215. The Labute approximate surface area is 157 Å². The minimum atomic E-state index is -0.364. The van der Waals surface area contributed by atoms with Crippen LogP contribution in [-0.2, 0) is 16.1 Å². The van der Waals surface area contributed by atoms with Crippen molar-refractivity contribution in [2.24, 2.45) is 5.92 Å². The van der Waals surface area contributed by atoms with Gasteiger partial charge in [0.1, 0.15) is 5.75 Å². The van der Waals surface area contributed by atoms with Crippen LogP contribution in [0.25, 0.3) is 0 Å². The Kier molecular flexibility index (Phi) is 5.78. The van der Waals surface area contributed by atoms with E-state index in [-0.39, 0.29) is 24.2 Å². The molecule has 1 heterocycles. The lowest BCUT2D eigenvalue weighted by atomic mass is 10.1. The van der Waals surface area contributed by atoms with E-state index in [0.717, 1.165) is 17.0 Å². The van der Waals surface area contributed by atoms with Gasteiger partial charge in [-0.2, -0.15) is 0 Å². The number of nitrogens with one attached hydrogen (secondary N) is 1. The zero-order chi connectivity index (χ0) is 18.5. The zero-order valence-corrected chi connectivity index (χ0v) is 15.3. The van der Waals surface area contributed by atoms with Crippen LogP contribution in [0.2, 0.25) is 5.02 Å². The van der Waals surface area contributed by atoms with Gasteiger partial charge in [0, 0.05) is 30.2 Å². The van der Waals surface area contributed by atoms with Crippen molar-refractivity contribution in [3.63, 3.8) is 0 Å². The molecule has 1 atom stereocenters. The first-order chi connectivity index (χ1) is 12.6. The Morgan fingerprint density at radius 2 is 1.96 bits per heavy atom. The molecule has 1 aliphatic rings. The van der Waals surface area contributed by atoms with Crippen molar-refractivity contribution in [3.8, 4) is 5.75 Å². The van der Waals surface area contributed by atoms with E-state index in [9.17, 15) is 9.59 Å². The summed E-state index contributed by atoms with van der Waals surface area (Å²) >= 11 is 6.11. The van der Waals surface area contributed by atoms with Crippen LogP contribution < -0.4 is 15.0 Å². The molecule has 2 aromatic rings. The van der Waals surface area contributed by atoms with E-state index in [4.69, 9.17) is 16.3 Å². The molecule has 1 saturated heterocycles. The Morgan fingerprint density at radius 3 is 2.65 bits per heavy atom. The van der Waals surface area contributed by atoms with E-state index in [1.54, 1.807) is 11.0 Å². The molecule has 0 bridgehead atoms. The predicted molar refractivity (Wildman–Crippen MR) is 101 cm³/mol.